The fraction of sp³-hybridized carbons (Fsp3) is 0.235. The summed E-state index contributed by atoms with van der Waals surface area (Å²) in [7, 11) is 0. The van der Waals surface area contributed by atoms with Crippen molar-refractivity contribution in [2.24, 2.45) is 0 Å². The Balaban J connectivity index is 1.61. The smallest absolute Gasteiger partial charge is 0.260 e. The van der Waals surface area contributed by atoms with Gasteiger partial charge in [-0.05, 0) is 51.7 Å². The van der Waals surface area contributed by atoms with Crippen molar-refractivity contribution in [2.45, 2.75) is 13.0 Å². The van der Waals surface area contributed by atoms with E-state index in [9.17, 15) is 4.79 Å². The van der Waals surface area contributed by atoms with E-state index >= 15 is 0 Å². The first-order valence-corrected chi connectivity index (χ1v) is 8.23. The summed E-state index contributed by atoms with van der Waals surface area (Å²) in [5, 5.41) is 0.623. The Bertz CT molecular complexity index is 705. The molecule has 1 aliphatic heterocycles. The standard InChI is InChI=1S/C17H15BrClNO2/c18-15-9-14(19)5-6-16(15)22-11-17(21)20-8-7-12-3-1-2-4-13(12)10-20/h1-6,9H,7-8,10-11H2. The first-order chi connectivity index (χ1) is 10.6. The van der Waals surface area contributed by atoms with Crippen molar-refractivity contribution in [1.29, 1.82) is 0 Å². The lowest BCUT2D eigenvalue weighted by molar-refractivity contribution is -0.134. The molecule has 0 aromatic heterocycles. The molecule has 0 aliphatic carbocycles. The zero-order valence-corrected chi connectivity index (χ0v) is 14.2. The van der Waals surface area contributed by atoms with Crippen molar-refractivity contribution in [2.75, 3.05) is 13.2 Å². The maximum absolute atomic E-state index is 12.3. The SMILES string of the molecule is O=C(COc1ccc(Cl)cc1Br)N1CCc2ccccc2C1. The van der Waals surface area contributed by atoms with Crippen LogP contribution in [0.1, 0.15) is 11.1 Å². The van der Waals surface area contributed by atoms with Crippen LogP contribution in [0.25, 0.3) is 0 Å². The lowest BCUT2D eigenvalue weighted by Crippen LogP contribution is -2.38. The van der Waals surface area contributed by atoms with Gasteiger partial charge < -0.3 is 9.64 Å². The highest BCUT2D eigenvalue weighted by Crippen LogP contribution is 2.28. The van der Waals surface area contributed by atoms with Crippen LogP contribution in [-0.2, 0) is 17.8 Å². The van der Waals surface area contributed by atoms with E-state index in [1.165, 1.54) is 11.1 Å². The molecule has 5 heteroatoms. The second kappa shape index (κ2) is 6.71. The predicted octanol–water partition coefficient (Wildman–Crippen LogP) is 4.07. The van der Waals surface area contributed by atoms with Crippen LogP contribution >= 0.6 is 27.5 Å². The zero-order chi connectivity index (χ0) is 15.5. The van der Waals surface area contributed by atoms with E-state index in [1.54, 1.807) is 18.2 Å². The molecule has 0 fully saturated rings. The second-order valence-corrected chi connectivity index (χ2v) is 6.49. The van der Waals surface area contributed by atoms with Gasteiger partial charge >= 0.3 is 0 Å². The Kier molecular flexibility index (Phi) is 4.69. The van der Waals surface area contributed by atoms with Gasteiger partial charge in [0.25, 0.3) is 5.91 Å². The fourth-order valence-corrected chi connectivity index (χ4v) is 3.33. The molecule has 1 heterocycles. The van der Waals surface area contributed by atoms with Gasteiger partial charge in [0.15, 0.2) is 6.61 Å². The third kappa shape index (κ3) is 3.45. The molecule has 0 radical (unpaired) electrons. The highest BCUT2D eigenvalue weighted by Gasteiger charge is 2.20. The van der Waals surface area contributed by atoms with E-state index < -0.39 is 0 Å². The third-order valence-corrected chi connectivity index (χ3v) is 4.58. The molecule has 0 saturated heterocycles. The molecule has 0 unspecified atom stereocenters. The van der Waals surface area contributed by atoms with Crippen LogP contribution in [0.4, 0.5) is 0 Å². The monoisotopic (exact) mass is 379 g/mol. The number of nitrogens with zero attached hydrogens (tertiary/aromatic N) is 1. The minimum atomic E-state index is -0.00338. The minimum Gasteiger partial charge on any atom is -0.483 e. The summed E-state index contributed by atoms with van der Waals surface area (Å²) in [6.45, 7) is 1.42. The van der Waals surface area contributed by atoms with Crippen LogP contribution in [0.3, 0.4) is 0 Å². The molecule has 0 N–H and O–H groups in total. The molecule has 2 aromatic carbocycles. The number of carbonyl (C=O) groups is 1. The van der Waals surface area contributed by atoms with Gasteiger partial charge in [0, 0.05) is 18.1 Å². The van der Waals surface area contributed by atoms with Gasteiger partial charge in [0.2, 0.25) is 0 Å². The lowest BCUT2D eigenvalue weighted by atomic mass is 10.00. The van der Waals surface area contributed by atoms with Crippen LogP contribution in [0, 0.1) is 0 Å². The topological polar surface area (TPSA) is 29.5 Å². The number of benzene rings is 2. The number of hydrogen-bond acceptors (Lipinski definition) is 2. The number of fused-ring (bicyclic) bond motifs is 1. The van der Waals surface area contributed by atoms with E-state index in [0.717, 1.165) is 17.4 Å². The number of hydrogen-bond donors (Lipinski definition) is 0. The van der Waals surface area contributed by atoms with Gasteiger partial charge in [-0.2, -0.15) is 0 Å². The van der Waals surface area contributed by atoms with Crippen LogP contribution in [0.5, 0.6) is 5.75 Å². The van der Waals surface area contributed by atoms with E-state index in [2.05, 4.69) is 28.1 Å². The van der Waals surface area contributed by atoms with Crippen LogP contribution < -0.4 is 4.74 Å². The first-order valence-electron chi connectivity index (χ1n) is 7.06. The molecule has 2 aromatic rings. The molecule has 0 atom stereocenters. The van der Waals surface area contributed by atoms with Crippen molar-refractivity contribution in [3.63, 3.8) is 0 Å². The average Bonchev–Trinajstić information content (AvgIpc) is 2.53. The molecular formula is C17H15BrClNO2. The summed E-state index contributed by atoms with van der Waals surface area (Å²) < 4.78 is 6.35. The molecule has 22 heavy (non-hydrogen) atoms. The third-order valence-electron chi connectivity index (χ3n) is 3.73. The first kappa shape index (κ1) is 15.4. The molecule has 0 bridgehead atoms. The van der Waals surface area contributed by atoms with Gasteiger partial charge in [0.1, 0.15) is 5.75 Å². The van der Waals surface area contributed by atoms with Crippen LogP contribution in [0.15, 0.2) is 46.9 Å². The molecule has 3 nitrogen and oxygen atoms in total. The lowest BCUT2D eigenvalue weighted by Gasteiger charge is -2.28. The quantitative estimate of drug-likeness (QED) is 0.803. The van der Waals surface area contributed by atoms with Crippen LogP contribution in [0.2, 0.25) is 5.02 Å². The van der Waals surface area contributed by atoms with Crippen molar-refractivity contribution in [1.82, 2.24) is 4.90 Å². The highest BCUT2D eigenvalue weighted by molar-refractivity contribution is 9.10. The number of amides is 1. The molecular weight excluding hydrogens is 366 g/mol. The van der Waals surface area contributed by atoms with E-state index in [1.807, 2.05) is 17.0 Å². The van der Waals surface area contributed by atoms with Gasteiger partial charge in [-0.3, -0.25) is 4.79 Å². The molecule has 114 valence electrons. The second-order valence-electron chi connectivity index (χ2n) is 5.20. The summed E-state index contributed by atoms with van der Waals surface area (Å²) in [6, 6.07) is 13.5. The van der Waals surface area contributed by atoms with Crippen LogP contribution in [-0.4, -0.2) is 24.0 Å². The number of halogens is 2. The van der Waals surface area contributed by atoms with E-state index in [0.29, 0.717) is 17.3 Å². The van der Waals surface area contributed by atoms with Gasteiger partial charge in [-0.25, -0.2) is 0 Å². The molecule has 0 saturated carbocycles. The largest absolute Gasteiger partial charge is 0.483 e. The van der Waals surface area contributed by atoms with Crippen molar-refractivity contribution in [3.8, 4) is 5.75 Å². The number of rotatable bonds is 3. The maximum atomic E-state index is 12.3. The fourth-order valence-electron chi connectivity index (χ4n) is 2.53. The summed E-state index contributed by atoms with van der Waals surface area (Å²) in [6.07, 6.45) is 0.895. The Morgan fingerprint density at radius 3 is 2.77 bits per heavy atom. The van der Waals surface area contributed by atoms with Gasteiger partial charge in [0.05, 0.1) is 4.47 Å². The normalized spacial score (nSPS) is 13.6. The van der Waals surface area contributed by atoms with Crippen molar-refractivity contribution in [3.05, 3.63) is 63.1 Å². The Hall–Kier alpha value is -1.52. The van der Waals surface area contributed by atoms with Gasteiger partial charge in [-0.15, -0.1) is 0 Å². The zero-order valence-electron chi connectivity index (χ0n) is 11.9. The highest BCUT2D eigenvalue weighted by atomic mass is 79.9. The Labute approximate surface area is 143 Å². The summed E-state index contributed by atoms with van der Waals surface area (Å²) >= 11 is 9.27. The van der Waals surface area contributed by atoms with E-state index in [-0.39, 0.29) is 12.5 Å². The van der Waals surface area contributed by atoms with Crippen molar-refractivity contribution >= 4 is 33.4 Å². The van der Waals surface area contributed by atoms with Crippen molar-refractivity contribution < 1.29 is 9.53 Å². The number of ether oxygens (including phenoxy) is 1. The Morgan fingerprint density at radius 2 is 2.00 bits per heavy atom. The molecule has 1 aliphatic rings. The maximum Gasteiger partial charge on any atom is 0.260 e. The minimum absolute atomic E-state index is 0.00338. The number of carbonyl (C=O) groups excluding carboxylic acids is 1. The van der Waals surface area contributed by atoms with E-state index in [4.69, 9.17) is 16.3 Å². The molecule has 1 amide bonds. The molecule has 0 spiro atoms. The summed E-state index contributed by atoms with van der Waals surface area (Å²) in [4.78, 5) is 14.2. The average molecular weight is 381 g/mol. The summed E-state index contributed by atoms with van der Waals surface area (Å²) in [5.74, 6) is 0.617. The molecule has 3 rings (SSSR count). The predicted molar refractivity (Wildman–Crippen MR) is 90.2 cm³/mol. The Morgan fingerprint density at radius 1 is 1.23 bits per heavy atom. The summed E-state index contributed by atoms with van der Waals surface area (Å²) in [5.41, 5.74) is 2.54. The van der Waals surface area contributed by atoms with Gasteiger partial charge in [-0.1, -0.05) is 35.9 Å².